The number of anilines is 1. The lowest BCUT2D eigenvalue weighted by atomic mass is 10.1. The van der Waals surface area contributed by atoms with Gasteiger partial charge in [0, 0.05) is 10.2 Å². The number of nitrogens with one attached hydrogen (secondary N) is 1. The Morgan fingerprint density at radius 1 is 1.25 bits per heavy atom. The minimum atomic E-state index is -0.232. The molecule has 0 spiro atoms. The average molecular weight is 355 g/mol. The van der Waals surface area contributed by atoms with Gasteiger partial charge in [0.25, 0.3) is 5.91 Å². The normalized spacial score (nSPS) is 10.2. The first kappa shape index (κ1) is 14.9. The van der Waals surface area contributed by atoms with Gasteiger partial charge in [-0.25, -0.2) is 0 Å². The minimum Gasteiger partial charge on any atom is -0.496 e. The number of benzene rings is 2. The third-order valence-electron chi connectivity index (χ3n) is 2.78. The molecule has 3 nitrogen and oxygen atoms in total. The molecule has 2 rings (SSSR count). The molecule has 1 N–H and O–H groups in total. The highest BCUT2D eigenvalue weighted by Crippen LogP contribution is 2.26. The van der Waals surface area contributed by atoms with E-state index in [9.17, 15) is 4.79 Å². The van der Waals surface area contributed by atoms with Gasteiger partial charge in [0.05, 0.1) is 17.7 Å². The van der Waals surface area contributed by atoms with Crippen molar-refractivity contribution < 1.29 is 9.53 Å². The van der Waals surface area contributed by atoms with Crippen molar-refractivity contribution in [3.8, 4) is 5.75 Å². The second-order valence-corrected chi connectivity index (χ2v) is 5.55. The standard InChI is InChI=1S/C15H13BrClNO2/c1-9-3-6-14(20-2)11(7-9)15(19)18-10-4-5-12(16)13(17)8-10/h3-8H,1-2H3,(H,18,19). The first-order valence-corrected chi connectivity index (χ1v) is 7.09. The van der Waals surface area contributed by atoms with Crippen LogP contribution in [0.25, 0.3) is 0 Å². The molecule has 0 aliphatic rings. The van der Waals surface area contributed by atoms with Gasteiger partial charge in [-0.2, -0.15) is 0 Å². The molecule has 0 aliphatic carbocycles. The van der Waals surface area contributed by atoms with Crippen molar-refractivity contribution >= 4 is 39.1 Å². The fraction of sp³-hybridized carbons (Fsp3) is 0.133. The number of methoxy groups -OCH3 is 1. The van der Waals surface area contributed by atoms with Crippen molar-refractivity contribution in [2.24, 2.45) is 0 Å². The highest BCUT2D eigenvalue weighted by molar-refractivity contribution is 9.10. The number of hydrogen-bond acceptors (Lipinski definition) is 2. The zero-order valence-corrected chi connectivity index (χ0v) is 13.4. The monoisotopic (exact) mass is 353 g/mol. The number of amides is 1. The molecule has 104 valence electrons. The summed E-state index contributed by atoms with van der Waals surface area (Å²) in [6, 6.07) is 10.7. The third kappa shape index (κ3) is 3.32. The molecule has 5 heteroatoms. The minimum absolute atomic E-state index is 0.232. The van der Waals surface area contributed by atoms with Crippen LogP contribution in [0.5, 0.6) is 5.75 Å². The molecule has 0 radical (unpaired) electrons. The predicted octanol–water partition coefficient (Wildman–Crippen LogP) is 4.67. The van der Waals surface area contributed by atoms with Crippen LogP contribution in [-0.2, 0) is 0 Å². The van der Waals surface area contributed by atoms with E-state index in [0.717, 1.165) is 10.0 Å². The quantitative estimate of drug-likeness (QED) is 0.869. The van der Waals surface area contributed by atoms with Crippen LogP contribution in [0, 0.1) is 6.92 Å². The van der Waals surface area contributed by atoms with Gasteiger partial charge in [0.2, 0.25) is 0 Å². The summed E-state index contributed by atoms with van der Waals surface area (Å²) >= 11 is 9.31. The number of carbonyl (C=O) groups excluding carboxylic acids is 1. The molecule has 0 heterocycles. The van der Waals surface area contributed by atoms with E-state index in [1.54, 1.807) is 30.3 Å². The Hall–Kier alpha value is -1.52. The highest BCUT2D eigenvalue weighted by atomic mass is 79.9. The van der Waals surface area contributed by atoms with Crippen molar-refractivity contribution in [2.75, 3.05) is 12.4 Å². The van der Waals surface area contributed by atoms with Crippen LogP contribution >= 0.6 is 27.5 Å². The molecule has 0 unspecified atom stereocenters. The molecule has 0 saturated heterocycles. The zero-order chi connectivity index (χ0) is 14.7. The van der Waals surface area contributed by atoms with Crippen LogP contribution in [-0.4, -0.2) is 13.0 Å². The van der Waals surface area contributed by atoms with Gasteiger partial charge in [-0.05, 0) is 53.2 Å². The maximum absolute atomic E-state index is 12.3. The molecule has 1 amide bonds. The van der Waals surface area contributed by atoms with Crippen molar-refractivity contribution in [1.82, 2.24) is 0 Å². The Kier molecular flexibility index (Phi) is 4.68. The first-order chi connectivity index (χ1) is 9.51. The Morgan fingerprint density at radius 3 is 2.65 bits per heavy atom. The van der Waals surface area contributed by atoms with Gasteiger partial charge >= 0.3 is 0 Å². The van der Waals surface area contributed by atoms with Crippen molar-refractivity contribution in [1.29, 1.82) is 0 Å². The van der Waals surface area contributed by atoms with Crippen LogP contribution in [0.2, 0.25) is 5.02 Å². The summed E-state index contributed by atoms with van der Waals surface area (Å²) in [4.78, 5) is 12.3. The Labute approximate surface area is 131 Å². The number of hydrogen-bond donors (Lipinski definition) is 1. The van der Waals surface area contributed by atoms with Crippen LogP contribution in [0.1, 0.15) is 15.9 Å². The van der Waals surface area contributed by atoms with Gasteiger partial charge < -0.3 is 10.1 Å². The van der Waals surface area contributed by atoms with Crippen LogP contribution in [0.15, 0.2) is 40.9 Å². The van der Waals surface area contributed by atoms with Gasteiger partial charge in [-0.15, -0.1) is 0 Å². The van der Waals surface area contributed by atoms with E-state index < -0.39 is 0 Å². The van der Waals surface area contributed by atoms with Gasteiger partial charge in [-0.3, -0.25) is 4.79 Å². The lowest BCUT2D eigenvalue weighted by Gasteiger charge is -2.10. The SMILES string of the molecule is COc1ccc(C)cc1C(=O)Nc1ccc(Br)c(Cl)c1. The lowest BCUT2D eigenvalue weighted by molar-refractivity contribution is 0.102. The van der Waals surface area contributed by atoms with E-state index in [0.29, 0.717) is 22.0 Å². The number of carbonyl (C=O) groups is 1. The predicted molar refractivity (Wildman–Crippen MR) is 84.8 cm³/mol. The second kappa shape index (κ2) is 6.29. The Balaban J connectivity index is 2.27. The molecule has 0 fully saturated rings. The van der Waals surface area contributed by atoms with Crippen LogP contribution < -0.4 is 10.1 Å². The Bertz CT molecular complexity index is 658. The van der Waals surface area contributed by atoms with Crippen LogP contribution in [0.4, 0.5) is 5.69 Å². The number of aryl methyl sites for hydroxylation is 1. The molecule has 0 aliphatic heterocycles. The molecular weight excluding hydrogens is 342 g/mol. The molecular formula is C15H13BrClNO2. The molecule has 2 aromatic carbocycles. The summed E-state index contributed by atoms with van der Waals surface area (Å²) in [5, 5.41) is 3.34. The molecule has 20 heavy (non-hydrogen) atoms. The molecule has 0 saturated carbocycles. The topological polar surface area (TPSA) is 38.3 Å². The number of rotatable bonds is 3. The number of halogens is 2. The maximum atomic E-state index is 12.3. The van der Waals surface area contributed by atoms with E-state index in [-0.39, 0.29) is 5.91 Å². The Morgan fingerprint density at radius 2 is 2.00 bits per heavy atom. The van der Waals surface area contributed by atoms with Crippen LogP contribution in [0.3, 0.4) is 0 Å². The zero-order valence-electron chi connectivity index (χ0n) is 11.0. The molecule has 0 bridgehead atoms. The summed E-state index contributed by atoms with van der Waals surface area (Å²) in [6.07, 6.45) is 0. The summed E-state index contributed by atoms with van der Waals surface area (Å²) in [5.41, 5.74) is 2.11. The van der Waals surface area contributed by atoms with Crippen molar-refractivity contribution in [3.63, 3.8) is 0 Å². The van der Waals surface area contributed by atoms with Gasteiger partial charge in [0.15, 0.2) is 0 Å². The molecule has 0 atom stereocenters. The molecule has 2 aromatic rings. The molecule has 0 aromatic heterocycles. The fourth-order valence-corrected chi connectivity index (χ4v) is 2.20. The summed E-state index contributed by atoms with van der Waals surface area (Å²) in [5.74, 6) is 0.306. The van der Waals surface area contributed by atoms with Crippen molar-refractivity contribution in [3.05, 3.63) is 57.0 Å². The largest absolute Gasteiger partial charge is 0.496 e. The van der Waals surface area contributed by atoms with Gasteiger partial charge in [0.1, 0.15) is 5.75 Å². The summed E-state index contributed by atoms with van der Waals surface area (Å²) in [6.45, 7) is 1.92. The number of ether oxygens (including phenoxy) is 1. The van der Waals surface area contributed by atoms with E-state index in [1.807, 2.05) is 13.0 Å². The highest BCUT2D eigenvalue weighted by Gasteiger charge is 2.13. The van der Waals surface area contributed by atoms with Gasteiger partial charge in [-0.1, -0.05) is 23.2 Å². The first-order valence-electron chi connectivity index (χ1n) is 5.92. The summed E-state index contributed by atoms with van der Waals surface area (Å²) in [7, 11) is 1.54. The smallest absolute Gasteiger partial charge is 0.259 e. The maximum Gasteiger partial charge on any atom is 0.259 e. The van der Waals surface area contributed by atoms with E-state index in [2.05, 4.69) is 21.2 Å². The fourth-order valence-electron chi connectivity index (χ4n) is 1.77. The third-order valence-corrected chi connectivity index (χ3v) is 4.01. The van der Waals surface area contributed by atoms with E-state index in [4.69, 9.17) is 16.3 Å². The van der Waals surface area contributed by atoms with E-state index in [1.165, 1.54) is 7.11 Å². The average Bonchev–Trinajstić information content (AvgIpc) is 2.43. The summed E-state index contributed by atoms with van der Waals surface area (Å²) < 4.78 is 5.99. The lowest BCUT2D eigenvalue weighted by Crippen LogP contribution is -2.13. The van der Waals surface area contributed by atoms with E-state index >= 15 is 0 Å². The second-order valence-electron chi connectivity index (χ2n) is 4.29. The van der Waals surface area contributed by atoms with Crippen molar-refractivity contribution in [2.45, 2.75) is 6.92 Å².